The summed E-state index contributed by atoms with van der Waals surface area (Å²) in [5.41, 5.74) is 1.86. The normalized spacial score (nSPS) is 16.3. The molecular weight excluding hydrogens is 457 g/mol. The molecule has 4 heterocycles. The average Bonchev–Trinajstić information content (AvgIpc) is 3.42. The van der Waals surface area contributed by atoms with Crippen molar-refractivity contribution in [2.75, 3.05) is 18.5 Å². The molecule has 10 nitrogen and oxygen atoms in total. The molecule has 0 fully saturated rings. The largest absolute Gasteiger partial charge is 0.482 e. The average molecular weight is 477 g/mol. The number of halogens is 1. The number of pyridine rings is 1. The van der Waals surface area contributed by atoms with Gasteiger partial charge in [-0.1, -0.05) is 0 Å². The molecule has 2 aliphatic rings. The van der Waals surface area contributed by atoms with Gasteiger partial charge in [-0.25, -0.2) is 9.18 Å². The smallest absolute Gasteiger partial charge is 0.441 e. The van der Waals surface area contributed by atoms with Crippen LogP contribution in [-0.4, -0.2) is 33.4 Å². The molecular formula is C24H20FN5O5. The summed E-state index contributed by atoms with van der Waals surface area (Å²) in [5.74, 6) is -0.492. The van der Waals surface area contributed by atoms with Gasteiger partial charge in [0.25, 0.3) is 11.5 Å². The molecule has 11 heteroatoms. The van der Waals surface area contributed by atoms with E-state index in [4.69, 9.17) is 9.15 Å². The molecule has 1 amide bonds. The maximum absolute atomic E-state index is 14.6. The fourth-order valence-electron chi connectivity index (χ4n) is 4.65. The van der Waals surface area contributed by atoms with Crippen LogP contribution < -0.4 is 26.7 Å². The monoisotopic (exact) mass is 477 g/mol. The third-order valence-corrected chi connectivity index (χ3v) is 6.24. The van der Waals surface area contributed by atoms with Crippen LogP contribution in [0.2, 0.25) is 0 Å². The van der Waals surface area contributed by atoms with Crippen LogP contribution in [0.15, 0.2) is 56.5 Å². The van der Waals surface area contributed by atoms with Crippen LogP contribution in [0.4, 0.5) is 10.1 Å². The second-order valence-electron chi connectivity index (χ2n) is 8.48. The highest BCUT2D eigenvalue weighted by Crippen LogP contribution is 2.33. The van der Waals surface area contributed by atoms with Gasteiger partial charge in [-0.15, -0.1) is 5.10 Å². The number of amides is 1. The van der Waals surface area contributed by atoms with Crippen LogP contribution in [0.25, 0.3) is 16.6 Å². The van der Waals surface area contributed by atoms with Gasteiger partial charge in [0.2, 0.25) is 5.89 Å². The highest BCUT2D eigenvalue weighted by molar-refractivity contribution is 5.95. The minimum Gasteiger partial charge on any atom is -0.482 e. The Bertz CT molecular complexity index is 1600. The molecule has 178 valence electrons. The summed E-state index contributed by atoms with van der Waals surface area (Å²) >= 11 is 0. The predicted octanol–water partition coefficient (Wildman–Crippen LogP) is 1.89. The van der Waals surface area contributed by atoms with E-state index < -0.39 is 5.76 Å². The van der Waals surface area contributed by atoms with Crippen molar-refractivity contribution >= 4 is 22.5 Å². The second-order valence-corrected chi connectivity index (χ2v) is 8.48. The number of carbonyl (C=O) groups excluding carboxylic acids is 1. The van der Waals surface area contributed by atoms with E-state index in [0.717, 1.165) is 10.1 Å². The Kier molecular flexibility index (Phi) is 4.99. The molecule has 2 aromatic heterocycles. The number of hydrogen-bond donors (Lipinski definition) is 2. The molecule has 35 heavy (non-hydrogen) atoms. The van der Waals surface area contributed by atoms with Crippen molar-refractivity contribution in [2.24, 2.45) is 0 Å². The molecule has 0 aliphatic carbocycles. The number of aryl methyl sites for hydroxylation is 1. The Labute approximate surface area is 196 Å². The standard InChI is InChI=1S/C24H20FN5O5/c25-15-6-3-13-4-8-21(32)29-11-17(22(15)23(13)29)26-9-1-2-20-28-30(24(33)35-20)14-5-7-18-16(10-14)27-19(31)12-34-18/h3-8,10,17,26H,1-2,9,11-12H2,(H,27,31)/t17-/m1/s1. The number of hydrogen-bond acceptors (Lipinski definition) is 7. The molecule has 0 unspecified atom stereocenters. The molecule has 0 bridgehead atoms. The van der Waals surface area contributed by atoms with Gasteiger partial charge in [-0.3, -0.25) is 9.59 Å². The molecule has 2 N–H and O–H groups in total. The Morgan fingerprint density at radius 1 is 1.14 bits per heavy atom. The number of ether oxygens (including phenoxy) is 1. The third-order valence-electron chi connectivity index (χ3n) is 6.24. The minimum absolute atomic E-state index is 0.0556. The lowest BCUT2D eigenvalue weighted by Gasteiger charge is -2.18. The summed E-state index contributed by atoms with van der Waals surface area (Å²) in [7, 11) is 0. The number of rotatable bonds is 6. The van der Waals surface area contributed by atoms with E-state index in [9.17, 15) is 18.8 Å². The lowest BCUT2D eigenvalue weighted by molar-refractivity contribution is -0.118. The molecule has 1 atom stereocenters. The summed E-state index contributed by atoms with van der Waals surface area (Å²) in [6.45, 7) is 0.802. The van der Waals surface area contributed by atoms with Crippen molar-refractivity contribution in [3.8, 4) is 11.4 Å². The fourth-order valence-corrected chi connectivity index (χ4v) is 4.65. The van der Waals surface area contributed by atoms with Gasteiger partial charge in [-0.2, -0.15) is 4.68 Å². The van der Waals surface area contributed by atoms with Crippen molar-refractivity contribution in [3.63, 3.8) is 0 Å². The Balaban J connectivity index is 1.13. The van der Waals surface area contributed by atoms with Crippen LogP contribution >= 0.6 is 0 Å². The van der Waals surface area contributed by atoms with E-state index in [-0.39, 0.29) is 35.8 Å². The van der Waals surface area contributed by atoms with E-state index >= 15 is 0 Å². The van der Waals surface area contributed by atoms with E-state index in [0.29, 0.717) is 54.1 Å². The van der Waals surface area contributed by atoms with Crippen LogP contribution in [0.5, 0.6) is 5.75 Å². The molecule has 0 spiro atoms. The van der Waals surface area contributed by atoms with E-state index in [2.05, 4.69) is 15.7 Å². The first-order chi connectivity index (χ1) is 17.0. The van der Waals surface area contributed by atoms with Gasteiger partial charge >= 0.3 is 5.76 Å². The van der Waals surface area contributed by atoms with Crippen molar-refractivity contribution in [2.45, 2.75) is 25.4 Å². The maximum atomic E-state index is 14.6. The van der Waals surface area contributed by atoms with Gasteiger partial charge in [-0.05, 0) is 54.8 Å². The number of anilines is 1. The number of fused-ring (bicyclic) bond motifs is 1. The number of carbonyl (C=O) groups is 1. The van der Waals surface area contributed by atoms with Crippen molar-refractivity contribution in [3.05, 3.63) is 80.6 Å². The van der Waals surface area contributed by atoms with Crippen LogP contribution in [0.3, 0.4) is 0 Å². The predicted molar refractivity (Wildman–Crippen MR) is 123 cm³/mol. The summed E-state index contributed by atoms with van der Waals surface area (Å²) < 4.78 is 27.9. The van der Waals surface area contributed by atoms with Crippen molar-refractivity contribution in [1.29, 1.82) is 0 Å². The third kappa shape index (κ3) is 3.69. The van der Waals surface area contributed by atoms with Crippen LogP contribution in [0, 0.1) is 5.82 Å². The molecule has 2 aliphatic heterocycles. The molecule has 4 aromatic rings. The minimum atomic E-state index is -0.643. The van der Waals surface area contributed by atoms with E-state index in [1.54, 1.807) is 34.9 Å². The van der Waals surface area contributed by atoms with Crippen LogP contribution in [-0.2, 0) is 17.8 Å². The highest BCUT2D eigenvalue weighted by Gasteiger charge is 2.28. The van der Waals surface area contributed by atoms with Gasteiger partial charge in [0.15, 0.2) is 6.61 Å². The number of nitrogens with one attached hydrogen (secondary N) is 2. The lowest BCUT2D eigenvalue weighted by Crippen LogP contribution is -2.26. The lowest BCUT2D eigenvalue weighted by atomic mass is 10.1. The van der Waals surface area contributed by atoms with Gasteiger partial charge in [0, 0.05) is 24.6 Å². The fraction of sp³-hybridized carbons (Fsp3) is 0.250. The topological polar surface area (TPSA) is 120 Å². The van der Waals surface area contributed by atoms with Gasteiger partial charge in [0.1, 0.15) is 11.6 Å². The Morgan fingerprint density at radius 2 is 2.00 bits per heavy atom. The Hall–Kier alpha value is -4.25. The van der Waals surface area contributed by atoms with Crippen LogP contribution in [0.1, 0.15) is 23.9 Å². The first-order valence-electron chi connectivity index (χ1n) is 11.2. The zero-order chi connectivity index (χ0) is 24.1. The second kappa shape index (κ2) is 8.20. The Morgan fingerprint density at radius 3 is 2.89 bits per heavy atom. The quantitative estimate of drug-likeness (QED) is 0.407. The highest BCUT2D eigenvalue weighted by atomic mass is 19.1. The van der Waals surface area contributed by atoms with Crippen molar-refractivity contribution < 1.29 is 18.3 Å². The van der Waals surface area contributed by atoms with E-state index in [1.165, 1.54) is 12.1 Å². The first-order valence-corrected chi connectivity index (χ1v) is 11.2. The molecule has 0 saturated carbocycles. The summed E-state index contributed by atoms with van der Waals surface area (Å²) in [4.78, 5) is 36.1. The van der Waals surface area contributed by atoms with Gasteiger partial charge in [0.05, 0.1) is 22.9 Å². The summed E-state index contributed by atoms with van der Waals surface area (Å²) in [6, 6.07) is 10.9. The molecule has 0 saturated heterocycles. The number of benzene rings is 2. The SMILES string of the molecule is O=C1COc2ccc(-n3nc(CCCN[C@@H]4Cn5c(=O)ccc6ccc(F)c4c65)oc3=O)cc2N1. The molecule has 6 rings (SSSR count). The summed E-state index contributed by atoms with van der Waals surface area (Å²) in [6.07, 6.45) is 0.958. The first kappa shape index (κ1) is 21.3. The van der Waals surface area contributed by atoms with Gasteiger partial charge < -0.3 is 24.4 Å². The molecule has 2 aromatic carbocycles. The maximum Gasteiger partial charge on any atom is 0.441 e. The summed E-state index contributed by atoms with van der Waals surface area (Å²) in [5, 5.41) is 11.1. The number of aromatic nitrogens is 3. The molecule has 0 radical (unpaired) electrons. The van der Waals surface area contributed by atoms with Crippen molar-refractivity contribution in [1.82, 2.24) is 19.7 Å². The zero-order valence-electron chi connectivity index (χ0n) is 18.4. The van der Waals surface area contributed by atoms with E-state index in [1.807, 2.05) is 0 Å². The number of nitrogens with zero attached hydrogens (tertiary/aromatic N) is 3. The zero-order valence-corrected chi connectivity index (χ0v) is 18.4.